The van der Waals surface area contributed by atoms with Crippen molar-refractivity contribution in [3.63, 3.8) is 0 Å². The Bertz CT molecular complexity index is 489. The van der Waals surface area contributed by atoms with Crippen LogP contribution in [0.15, 0.2) is 22.9 Å². The smallest absolute Gasteiger partial charge is 0.0415 e. The lowest BCUT2D eigenvalue weighted by Crippen LogP contribution is -2.15. The van der Waals surface area contributed by atoms with Gasteiger partial charge in [-0.25, -0.2) is 0 Å². The Kier molecular flexibility index (Phi) is 4.36. The summed E-state index contributed by atoms with van der Waals surface area (Å²) in [6, 6.07) is 5.24. The SMILES string of the molecule is CNC(CCc1ccsc1)c1cc2c(s1)CCCC2. The molecule has 3 rings (SSSR count). The highest BCUT2D eigenvalue weighted by molar-refractivity contribution is 7.12. The Hall–Kier alpha value is -0.640. The van der Waals surface area contributed by atoms with Gasteiger partial charge in [-0.2, -0.15) is 11.3 Å². The molecule has 2 aromatic rings. The third kappa shape index (κ3) is 3.10. The fourth-order valence-electron chi connectivity index (χ4n) is 2.86. The van der Waals surface area contributed by atoms with Crippen molar-refractivity contribution in [2.24, 2.45) is 0 Å². The first-order valence-electron chi connectivity index (χ1n) is 7.16. The number of fused-ring (bicyclic) bond motifs is 1. The quantitative estimate of drug-likeness (QED) is 0.850. The molecule has 1 atom stereocenters. The molecular weight excluding hydrogens is 270 g/mol. The van der Waals surface area contributed by atoms with Crippen LogP contribution in [0, 0.1) is 0 Å². The number of aryl methyl sites for hydroxylation is 3. The summed E-state index contributed by atoms with van der Waals surface area (Å²) in [6.07, 6.45) is 7.74. The highest BCUT2D eigenvalue weighted by Crippen LogP contribution is 2.34. The number of thiophene rings is 2. The molecule has 3 heteroatoms. The van der Waals surface area contributed by atoms with E-state index < -0.39 is 0 Å². The fourth-order valence-corrected chi connectivity index (χ4v) is 4.97. The molecule has 1 unspecified atom stereocenters. The number of rotatable bonds is 5. The lowest BCUT2D eigenvalue weighted by Gasteiger charge is -2.13. The van der Waals surface area contributed by atoms with Crippen LogP contribution in [0.5, 0.6) is 0 Å². The molecule has 0 aromatic carbocycles. The Morgan fingerprint density at radius 2 is 2.21 bits per heavy atom. The van der Waals surface area contributed by atoms with Crippen molar-refractivity contribution in [3.05, 3.63) is 43.8 Å². The molecule has 2 aromatic heterocycles. The standard InChI is InChI=1S/C16H21NS2/c1-17-14(7-6-12-8-9-18-11-12)16-10-13-4-2-3-5-15(13)19-16/h8-11,14,17H,2-7H2,1H3. The van der Waals surface area contributed by atoms with E-state index in [2.05, 4.69) is 35.3 Å². The highest BCUT2D eigenvalue weighted by Gasteiger charge is 2.18. The largest absolute Gasteiger partial charge is 0.312 e. The molecular formula is C16H21NS2. The van der Waals surface area contributed by atoms with Gasteiger partial charge in [0.05, 0.1) is 0 Å². The monoisotopic (exact) mass is 291 g/mol. The predicted octanol–water partition coefficient (Wildman–Crippen LogP) is 4.58. The second-order valence-corrected chi connectivity index (χ2v) is 7.26. The second kappa shape index (κ2) is 6.21. The van der Waals surface area contributed by atoms with E-state index in [1.807, 2.05) is 11.3 Å². The molecule has 0 saturated heterocycles. The highest BCUT2D eigenvalue weighted by atomic mass is 32.1. The maximum absolute atomic E-state index is 3.50. The zero-order valence-electron chi connectivity index (χ0n) is 11.4. The molecule has 1 nitrogen and oxygen atoms in total. The van der Waals surface area contributed by atoms with Crippen LogP contribution in [-0.4, -0.2) is 7.05 Å². The first-order valence-corrected chi connectivity index (χ1v) is 8.92. The van der Waals surface area contributed by atoms with Crippen LogP contribution < -0.4 is 5.32 Å². The van der Waals surface area contributed by atoms with Gasteiger partial charge in [0.25, 0.3) is 0 Å². The van der Waals surface area contributed by atoms with Crippen molar-refractivity contribution in [3.8, 4) is 0 Å². The summed E-state index contributed by atoms with van der Waals surface area (Å²) in [5, 5.41) is 7.95. The molecule has 19 heavy (non-hydrogen) atoms. The van der Waals surface area contributed by atoms with Crippen molar-refractivity contribution < 1.29 is 0 Å². The average Bonchev–Trinajstić information content (AvgIpc) is 3.08. The predicted molar refractivity (Wildman–Crippen MR) is 85.4 cm³/mol. The summed E-state index contributed by atoms with van der Waals surface area (Å²) in [5.74, 6) is 0. The zero-order chi connectivity index (χ0) is 13.1. The molecule has 0 saturated carbocycles. The van der Waals surface area contributed by atoms with E-state index in [0.717, 1.165) is 0 Å². The molecule has 102 valence electrons. The summed E-state index contributed by atoms with van der Waals surface area (Å²) in [4.78, 5) is 3.20. The Morgan fingerprint density at radius 3 is 2.95 bits per heavy atom. The summed E-state index contributed by atoms with van der Waals surface area (Å²) < 4.78 is 0. The fraction of sp³-hybridized carbons (Fsp3) is 0.500. The van der Waals surface area contributed by atoms with Gasteiger partial charge < -0.3 is 5.32 Å². The number of nitrogens with one attached hydrogen (secondary N) is 1. The first-order chi connectivity index (χ1) is 9.36. The third-order valence-electron chi connectivity index (χ3n) is 4.01. The molecule has 0 amide bonds. The Morgan fingerprint density at radius 1 is 1.32 bits per heavy atom. The van der Waals surface area contributed by atoms with Gasteiger partial charge in [-0.1, -0.05) is 0 Å². The minimum absolute atomic E-state index is 0.524. The van der Waals surface area contributed by atoms with Crippen molar-refractivity contribution in [2.75, 3.05) is 7.05 Å². The summed E-state index contributed by atoms with van der Waals surface area (Å²) in [6.45, 7) is 0. The normalized spacial score (nSPS) is 16.3. The Labute approximate surface area is 123 Å². The maximum atomic E-state index is 3.50. The van der Waals surface area contributed by atoms with Gasteiger partial charge in [0.2, 0.25) is 0 Å². The van der Waals surface area contributed by atoms with Gasteiger partial charge in [0, 0.05) is 15.8 Å². The lowest BCUT2D eigenvalue weighted by atomic mass is 9.98. The second-order valence-electron chi connectivity index (χ2n) is 5.32. The van der Waals surface area contributed by atoms with Gasteiger partial charge in [0.1, 0.15) is 0 Å². The minimum atomic E-state index is 0.524. The van der Waals surface area contributed by atoms with E-state index >= 15 is 0 Å². The van der Waals surface area contributed by atoms with Crippen LogP contribution in [0.1, 0.15) is 46.2 Å². The molecule has 0 aliphatic heterocycles. The summed E-state index contributed by atoms with van der Waals surface area (Å²) >= 11 is 3.84. The molecule has 2 heterocycles. The van der Waals surface area contributed by atoms with E-state index in [9.17, 15) is 0 Å². The first kappa shape index (κ1) is 13.3. The van der Waals surface area contributed by atoms with Crippen molar-refractivity contribution in [1.82, 2.24) is 5.32 Å². The van der Waals surface area contributed by atoms with Crippen LogP contribution in [-0.2, 0) is 19.3 Å². The van der Waals surface area contributed by atoms with Crippen LogP contribution in [0.25, 0.3) is 0 Å². The van der Waals surface area contributed by atoms with Crippen LogP contribution >= 0.6 is 22.7 Å². The van der Waals surface area contributed by atoms with Crippen molar-refractivity contribution >= 4 is 22.7 Å². The van der Waals surface area contributed by atoms with Gasteiger partial charge >= 0.3 is 0 Å². The number of hydrogen-bond acceptors (Lipinski definition) is 3. The van der Waals surface area contributed by atoms with Gasteiger partial charge in [-0.3, -0.25) is 0 Å². The molecule has 1 aliphatic carbocycles. The summed E-state index contributed by atoms with van der Waals surface area (Å²) in [5.41, 5.74) is 3.11. The topological polar surface area (TPSA) is 12.0 Å². The Balaban J connectivity index is 1.69. The van der Waals surface area contributed by atoms with E-state index in [1.165, 1.54) is 44.1 Å². The third-order valence-corrected chi connectivity index (χ3v) is 6.09. The van der Waals surface area contributed by atoms with E-state index in [-0.39, 0.29) is 0 Å². The summed E-state index contributed by atoms with van der Waals surface area (Å²) in [7, 11) is 2.09. The van der Waals surface area contributed by atoms with E-state index in [4.69, 9.17) is 0 Å². The molecule has 0 fully saturated rings. The van der Waals surface area contributed by atoms with Gasteiger partial charge in [-0.05, 0) is 79.6 Å². The molecule has 1 aliphatic rings. The lowest BCUT2D eigenvalue weighted by molar-refractivity contribution is 0.558. The van der Waals surface area contributed by atoms with Crippen molar-refractivity contribution in [1.29, 1.82) is 0 Å². The van der Waals surface area contributed by atoms with Crippen molar-refractivity contribution in [2.45, 2.75) is 44.6 Å². The number of hydrogen-bond donors (Lipinski definition) is 1. The van der Waals surface area contributed by atoms with E-state index in [0.29, 0.717) is 6.04 Å². The van der Waals surface area contributed by atoms with Crippen LogP contribution in [0.4, 0.5) is 0 Å². The molecule has 0 radical (unpaired) electrons. The van der Waals surface area contributed by atoms with Crippen LogP contribution in [0.2, 0.25) is 0 Å². The minimum Gasteiger partial charge on any atom is -0.312 e. The zero-order valence-corrected chi connectivity index (χ0v) is 13.1. The molecule has 0 spiro atoms. The van der Waals surface area contributed by atoms with E-state index in [1.54, 1.807) is 26.7 Å². The molecule has 0 bridgehead atoms. The van der Waals surface area contributed by atoms with Gasteiger partial charge in [0.15, 0.2) is 0 Å². The maximum Gasteiger partial charge on any atom is 0.0415 e. The van der Waals surface area contributed by atoms with Crippen LogP contribution in [0.3, 0.4) is 0 Å². The molecule has 1 N–H and O–H groups in total. The van der Waals surface area contributed by atoms with Gasteiger partial charge in [-0.15, -0.1) is 11.3 Å². The average molecular weight is 291 g/mol.